The molecular formula is C19H26O2. The molecule has 0 heterocycles. The van der Waals surface area contributed by atoms with Crippen molar-refractivity contribution in [1.82, 2.24) is 0 Å². The Kier molecular flexibility index (Phi) is 3.38. The van der Waals surface area contributed by atoms with Crippen molar-refractivity contribution in [3.63, 3.8) is 0 Å². The molecule has 0 amide bonds. The van der Waals surface area contributed by atoms with Gasteiger partial charge in [0.05, 0.1) is 5.56 Å². The van der Waals surface area contributed by atoms with Crippen LogP contribution in [0, 0.1) is 16.7 Å². The molecule has 21 heavy (non-hydrogen) atoms. The first kappa shape index (κ1) is 14.6. The lowest BCUT2D eigenvalue weighted by Crippen LogP contribution is -2.38. The van der Waals surface area contributed by atoms with Crippen LogP contribution in [-0.2, 0) is 11.2 Å². The maximum absolute atomic E-state index is 12.4. The maximum Gasteiger partial charge on any atom is 0.338 e. The van der Waals surface area contributed by atoms with Crippen LogP contribution in [0.4, 0.5) is 0 Å². The molecule has 2 fully saturated rings. The Morgan fingerprint density at radius 3 is 2.38 bits per heavy atom. The standard InChI is InChI=1S/C19H26O2/c1-5-13-6-8-14(9-7-13)17(20)21-16-12-15-10-11-19(16,4)18(15,2)3/h6-9,15-16H,5,10-12H2,1-4H3. The van der Waals surface area contributed by atoms with Crippen LogP contribution in [0.1, 0.15) is 62.9 Å². The SMILES string of the molecule is CCc1ccc(C(=O)OC2CC3CCC2(C)C3(C)C)cc1. The normalized spacial score (nSPS) is 33.1. The second-order valence-corrected chi connectivity index (χ2v) is 7.55. The van der Waals surface area contributed by atoms with E-state index < -0.39 is 0 Å². The third-order valence-electron chi connectivity index (χ3n) is 6.56. The largest absolute Gasteiger partial charge is 0.458 e. The highest BCUT2D eigenvalue weighted by Gasteiger charge is 2.62. The number of hydrogen-bond acceptors (Lipinski definition) is 2. The molecule has 1 aromatic rings. The molecule has 0 saturated heterocycles. The van der Waals surface area contributed by atoms with Crippen LogP contribution in [0.3, 0.4) is 0 Å². The van der Waals surface area contributed by atoms with Gasteiger partial charge in [-0.05, 0) is 54.7 Å². The van der Waals surface area contributed by atoms with E-state index in [9.17, 15) is 4.79 Å². The molecule has 114 valence electrons. The summed E-state index contributed by atoms with van der Waals surface area (Å²) >= 11 is 0. The first-order valence-corrected chi connectivity index (χ1v) is 8.18. The zero-order valence-electron chi connectivity index (χ0n) is 13.6. The molecule has 2 aliphatic carbocycles. The first-order chi connectivity index (χ1) is 9.88. The number of carbonyl (C=O) groups excluding carboxylic acids is 1. The van der Waals surface area contributed by atoms with Gasteiger partial charge < -0.3 is 4.74 Å². The topological polar surface area (TPSA) is 26.3 Å². The Hall–Kier alpha value is -1.31. The Labute approximate surface area is 127 Å². The van der Waals surface area contributed by atoms with Crippen molar-refractivity contribution < 1.29 is 9.53 Å². The average Bonchev–Trinajstić information content (AvgIpc) is 2.80. The molecule has 2 heteroatoms. The lowest BCUT2D eigenvalue weighted by atomic mass is 9.70. The molecule has 2 bridgehead atoms. The fraction of sp³-hybridized carbons (Fsp3) is 0.632. The summed E-state index contributed by atoms with van der Waals surface area (Å²) in [5.74, 6) is 0.537. The second-order valence-electron chi connectivity index (χ2n) is 7.55. The van der Waals surface area contributed by atoms with Gasteiger partial charge in [-0.25, -0.2) is 4.79 Å². The minimum absolute atomic E-state index is 0.0737. The lowest BCUT2D eigenvalue weighted by Gasteiger charge is -2.38. The Bertz CT molecular complexity index is 543. The number of rotatable bonds is 3. The van der Waals surface area contributed by atoms with Crippen molar-refractivity contribution in [1.29, 1.82) is 0 Å². The van der Waals surface area contributed by atoms with E-state index in [0.29, 0.717) is 11.5 Å². The molecule has 0 spiro atoms. The highest BCUT2D eigenvalue weighted by molar-refractivity contribution is 5.89. The number of fused-ring (bicyclic) bond motifs is 2. The maximum atomic E-state index is 12.4. The zero-order valence-corrected chi connectivity index (χ0v) is 13.6. The van der Waals surface area contributed by atoms with Crippen molar-refractivity contribution >= 4 is 5.97 Å². The highest BCUT2D eigenvalue weighted by atomic mass is 16.5. The molecule has 3 atom stereocenters. The van der Waals surface area contributed by atoms with Gasteiger partial charge in [0.1, 0.15) is 6.10 Å². The molecule has 1 aromatic carbocycles. The predicted octanol–water partition coefficient (Wildman–Crippen LogP) is 4.62. The molecule has 2 saturated carbocycles. The number of benzene rings is 1. The van der Waals surface area contributed by atoms with Crippen LogP contribution in [0.15, 0.2) is 24.3 Å². The molecule has 2 aliphatic rings. The van der Waals surface area contributed by atoms with E-state index in [0.717, 1.165) is 12.8 Å². The fourth-order valence-corrected chi connectivity index (χ4v) is 4.38. The number of aryl methyl sites for hydroxylation is 1. The van der Waals surface area contributed by atoms with Gasteiger partial charge in [-0.2, -0.15) is 0 Å². The minimum atomic E-state index is -0.160. The molecule has 3 rings (SSSR count). The summed E-state index contributed by atoms with van der Waals surface area (Å²) in [5, 5.41) is 0. The van der Waals surface area contributed by atoms with Crippen molar-refractivity contribution in [2.24, 2.45) is 16.7 Å². The van der Waals surface area contributed by atoms with E-state index in [1.54, 1.807) is 0 Å². The van der Waals surface area contributed by atoms with Crippen LogP contribution in [0.2, 0.25) is 0 Å². The smallest absolute Gasteiger partial charge is 0.338 e. The van der Waals surface area contributed by atoms with E-state index in [1.807, 2.05) is 24.3 Å². The fourth-order valence-electron chi connectivity index (χ4n) is 4.38. The van der Waals surface area contributed by atoms with Gasteiger partial charge >= 0.3 is 5.97 Å². The Balaban J connectivity index is 1.74. The first-order valence-electron chi connectivity index (χ1n) is 8.18. The van der Waals surface area contributed by atoms with Gasteiger partial charge in [0.25, 0.3) is 0 Å². The summed E-state index contributed by atoms with van der Waals surface area (Å²) in [5.41, 5.74) is 2.34. The summed E-state index contributed by atoms with van der Waals surface area (Å²) in [7, 11) is 0. The van der Waals surface area contributed by atoms with Gasteiger partial charge in [-0.1, -0.05) is 39.8 Å². The lowest BCUT2D eigenvalue weighted by molar-refractivity contribution is -0.0242. The van der Waals surface area contributed by atoms with Gasteiger partial charge in [0.15, 0.2) is 0 Å². The molecule has 0 radical (unpaired) electrons. The molecule has 0 N–H and O–H groups in total. The van der Waals surface area contributed by atoms with Gasteiger partial charge in [-0.3, -0.25) is 0 Å². The molecule has 3 unspecified atom stereocenters. The molecule has 0 aliphatic heterocycles. The summed E-state index contributed by atoms with van der Waals surface area (Å²) in [4.78, 5) is 12.4. The quantitative estimate of drug-likeness (QED) is 0.758. The van der Waals surface area contributed by atoms with Crippen molar-refractivity contribution in [3.05, 3.63) is 35.4 Å². The third-order valence-corrected chi connectivity index (χ3v) is 6.56. The van der Waals surface area contributed by atoms with Crippen LogP contribution in [0.25, 0.3) is 0 Å². The molecule has 2 nitrogen and oxygen atoms in total. The Morgan fingerprint density at radius 2 is 1.90 bits per heavy atom. The highest BCUT2D eigenvalue weighted by Crippen LogP contribution is 2.66. The van der Waals surface area contributed by atoms with Crippen LogP contribution in [-0.4, -0.2) is 12.1 Å². The average molecular weight is 286 g/mol. The van der Waals surface area contributed by atoms with E-state index >= 15 is 0 Å². The molecule has 0 aromatic heterocycles. The van der Waals surface area contributed by atoms with Gasteiger partial charge in [0, 0.05) is 5.41 Å². The summed E-state index contributed by atoms with van der Waals surface area (Å²) in [6, 6.07) is 7.82. The van der Waals surface area contributed by atoms with Crippen molar-refractivity contribution in [2.45, 2.75) is 59.5 Å². The van der Waals surface area contributed by atoms with Gasteiger partial charge in [-0.15, -0.1) is 0 Å². The van der Waals surface area contributed by atoms with Crippen molar-refractivity contribution in [3.8, 4) is 0 Å². The van der Waals surface area contributed by atoms with Crippen LogP contribution < -0.4 is 0 Å². The number of ether oxygens (including phenoxy) is 1. The number of esters is 1. The van der Waals surface area contributed by atoms with E-state index in [1.165, 1.54) is 18.4 Å². The monoisotopic (exact) mass is 286 g/mol. The van der Waals surface area contributed by atoms with Gasteiger partial charge in [0.2, 0.25) is 0 Å². The van der Waals surface area contributed by atoms with E-state index in [2.05, 4.69) is 27.7 Å². The summed E-state index contributed by atoms with van der Waals surface area (Å²) in [6.45, 7) is 9.10. The third kappa shape index (κ3) is 2.11. The second kappa shape index (κ2) is 4.86. The van der Waals surface area contributed by atoms with E-state index in [-0.39, 0.29) is 22.9 Å². The number of hydrogen-bond donors (Lipinski definition) is 0. The minimum Gasteiger partial charge on any atom is -0.458 e. The molecular weight excluding hydrogens is 260 g/mol. The summed E-state index contributed by atoms with van der Waals surface area (Å²) < 4.78 is 5.90. The van der Waals surface area contributed by atoms with Crippen LogP contribution in [0.5, 0.6) is 0 Å². The summed E-state index contributed by atoms with van der Waals surface area (Å²) in [6.07, 6.45) is 4.55. The zero-order chi connectivity index (χ0) is 15.3. The number of carbonyl (C=O) groups is 1. The predicted molar refractivity (Wildman–Crippen MR) is 84.3 cm³/mol. The van der Waals surface area contributed by atoms with E-state index in [4.69, 9.17) is 4.74 Å². The van der Waals surface area contributed by atoms with Crippen LogP contribution >= 0.6 is 0 Å². The van der Waals surface area contributed by atoms with Crippen molar-refractivity contribution in [2.75, 3.05) is 0 Å². The Morgan fingerprint density at radius 1 is 1.24 bits per heavy atom.